The van der Waals surface area contributed by atoms with Crippen molar-refractivity contribution < 1.29 is 4.79 Å². The van der Waals surface area contributed by atoms with E-state index in [0.717, 1.165) is 37.7 Å². The lowest BCUT2D eigenvalue weighted by molar-refractivity contribution is 0.102. The van der Waals surface area contributed by atoms with Crippen molar-refractivity contribution in [2.45, 2.75) is 19.8 Å². The van der Waals surface area contributed by atoms with Crippen LogP contribution in [0.15, 0.2) is 36.7 Å². The highest BCUT2D eigenvalue weighted by Crippen LogP contribution is 2.18. The second-order valence-electron chi connectivity index (χ2n) is 6.78. The fourth-order valence-corrected chi connectivity index (χ4v) is 2.78. The van der Waals surface area contributed by atoms with Crippen molar-refractivity contribution in [3.8, 4) is 0 Å². The Morgan fingerprint density at radius 2 is 1.72 bits per heavy atom. The van der Waals surface area contributed by atoms with Gasteiger partial charge >= 0.3 is 0 Å². The summed E-state index contributed by atoms with van der Waals surface area (Å²) < 4.78 is 0. The summed E-state index contributed by atoms with van der Waals surface area (Å²) in [4.78, 5) is 25.5. The van der Waals surface area contributed by atoms with Crippen molar-refractivity contribution >= 4 is 17.4 Å². The maximum Gasteiger partial charge on any atom is 0.275 e. The van der Waals surface area contributed by atoms with Gasteiger partial charge in [0.2, 0.25) is 0 Å². The van der Waals surface area contributed by atoms with E-state index in [2.05, 4.69) is 46.0 Å². The molecule has 1 amide bonds. The number of piperazine rings is 1. The van der Waals surface area contributed by atoms with E-state index >= 15 is 0 Å². The molecule has 0 unspecified atom stereocenters. The first-order valence-corrected chi connectivity index (χ1v) is 8.70. The van der Waals surface area contributed by atoms with Gasteiger partial charge in [-0.1, -0.05) is 26.0 Å². The summed E-state index contributed by atoms with van der Waals surface area (Å²) in [5.74, 6) is 1.05. The molecular formula is C19H25N5O. The molecule has 3 rings (SSSR count). The van der Waals surface area contributed by atoms with Gasteiger partial charge in [-0.15, -0.1) is 0 Å². The van der Waals surface area contributed by atoms with E-state index < -0.39 is 0 Å². The van der Waals surface area contributed by atoms with Crippen molar-refractivity contribution in [2.75, 3.05) is 43.4 Å². The monoisotopic (exact) mass is 339 g/mol. The first kappa shape index (κ1) is 17.4. The molecular weight excluding hydrogens is 314 g/mol. The molecule has 0 spiro atoms. The van der Waals surface area contributed by atoms with Gasteiger partial charge in [-0.05, 0) is 30.7 Å². The fourth-order valence-electron chi connectivity index (χ4n) is 2.78. The third-order valence-electron chi connectivity index (χ3n) is 4.53. The minimum atomic E-state index is -0.241. The average molecular weight is 339 g/mol. The molecule has 1 aromatic heterocycles. The number of aromatic nitrogens is 2. The molecule has 1 aliphatic heterocycles. The summed E-state index contributed by atoms with van der Waals surface area (Å²) in [5, 5.41) is 2.87. The van der Waals surface area contributed by atoms with Crippen LogP contribution in [-0.2, 0) is 0 Å². The first-order chi connectivity index (χ1) is 12.0. The number of nitrogens with one attached hydrogen (secondary N) is 1. The Balaban J connectivity index is 1.62. The first-order valence-electron chi connectivity index (χ1n) is 8.70. The molecule has 0 bridgehead atoms. The molecule has 1 saturated heterocycles. The quantitative estimate of drug-likeness (QED) is 0.928. The number of anilines is 2. The number of carbonyl (C=O) groups excluding carboxylic acids is 1. The number of carbonyl (C=O) groups is 1. The predicted molar refractivity (Wildman–Crippen MR) is 100 cm³/mol. The SMILES string of the molecule is CC(C)c1ccc(NC(=O)c2cnc(N3CCN(C)CC3)cn2)cc1. The molecule has 0 atom stereocenters. The van der Waals surface area contributed by atoms with E-state index in [-0.39, 0.29) is 5.91 Å². The summed E-state index contributed by atoms with van der Waals surface area (Å²) in [6.45, 7) is 8.17. The van der Waals surface area contributed by atoms with Crippen molar-refractivity contribution in [3.63, 3.8) is 0 Å². The van der Waals surface area contributed by atoms with Crippen LogP contribution < -0.4 is 10.2 Å². The van der Waals surface area contributed by atoms with Crippen LogP contribution >= 0.6 is 0 Å². The van der Waals surface area contributed by atoms with Crippen LogP contribution in [0.5, 0.6) is 0 Å². The molecule has 6 nitrogen and oxygen atoms in total. The maximum atomic E-state index is 12.3. The van der Waals surface area contributed by atoms with Crippen LogP contribution in [0.3, 0.4) is 0 Å². The van der Waals surface area contributed by atoms with E-state index in [1.807, 2.05) is 24.3 Å². The Morgan fingerprint density at radius 1 is 1.04 bits per heavy atom. The molecule has 1 aliphatic rings. The van der Waals surface area contributed by atoms with Crippen LogP contribution in [0.25, 0.3) is 0 Å². The predicted octanol–water partition coefficient (Wildman–Crippen LogP) is 2.60. The lowest BCUT2D eigenvalue weighted by Gasteiger charge is -2.32. The number of likely N-dealkylation sites (N-methyl/N-ethyl adjacent to an activating group) is 1. The summed E-state index contributed by atoms with van der Waals surface area (Å²) in [6, 6.07) is 7.89. The smallest absolute Gasteiger partial charge is 0.275 e. The van der Waals surface area contributed by atoms with Gasteiger partial charge < -0.3 is 15.1 Å². The van der Waals surface area contributed by atoms with Crippen LogP contribution in [0.2, 0.25) is 0 Å². The standard InChI is InChI=1S/C19H25N5O/c1-14(2)15-4-6-16(7-5-15)22-19(25)17-12-21-18(13-20-17)24-10-8-23(3)9-11-24/h4-7,12-14H,8-11H2,1-3H3,(H,22,25). The number of nitrogens with zero attached hydrogens (tertiary/aromatic N) is 4. The highest BCUT2D eigenvalue weighted by atomic mass is 16.1. The molecule has 2 aromatic rings. The third kappa shape index (κ3) is 4.33. The zero-order valence-corrected chi connectivity index (χ0v) is 15.1. The van der Waals surface area contributed by atoms with E-state index in [9.17, 15) is 4.79 Å². The lowest BCUT2D eigenvalue weighted by atomic mass is 10.0. The summed E-state index contributed by atoms with van der Waals surface area (Å²) in [6.07, 6.45) is 3.23. The van der Waals surface area contributed by atoms with Gasteiger partial charge in [-0.2, -0.15) is 0 Å². The van der Waals surface area contributed by atoms with E-state index in [0.29, 0.717) is 11.6 Å². The van der Waals surface area contributed by atoms with Gasteiger partial charge in [0.25, 0.3) is 5.91 Å². The van der Waals surface area contributed by atoms with Crippen LogP contribution in [-0.4, -0.2) is 54.0 Å². The van der Waals surface area contributed by atoms with Crippen molar-refractivity contribution in [3.05, 3.63) is 47.9 Å². The van der Waals surface area contributed by atoms with Gasteiger partial charge in [0.05, 0.1) is 12.4 Å². The maximum absolute atomic E-state index is 12.3. The summed E-state index contributed by atoms with van der Waals surface area (Å²) in [7, 11) is 2.12. The van der Waals surface area contributed by atoms with E-state index in [1.54, 1.807) is 12.4 Å². The Kier molecular flexibility index (Phi) is 5.28. The Bertz CT molecular complexity index is 704. The Morgan fingerprint density at radius 3 is 2.28 bits per heavy atom. The topological polar surface area (TPSA) is 61.4 Å². The highest BCUT2D eigenvalue weighted by molar-refractivity contribution is 6.02. The molecule has 6 heteroatoms. The highest BCUT2D eigenvalue weighted by Gasteiger charge is 2.16. The van der Waals surface area contributed by atoms with E-state index in [4.69, 9.17) is 0 Å². The number of rotatable bonds is 4. The number of hydrogen-bond donors (Lipinski definition) is 1. The molecule has 0 radical (unpaired) electrons. The summed E-state index contributed by atoms with van der Waals surface area (Å²) >= 11 is 0. The third-order valence-corrected chi connectivity index (χ3v) is 4.53. The van der Waals surface area contributed by atoms with Gasteiger partial charge in [0.1, 0.15) is 11.5 Å². The van der Waals surface area contributed by atoms with Crippen molar-refractivity contribution in [1.29, 1.82) is 0 Å². The second kappa shape index (κ2) is 7.61. The van der Waals surface area contributed by atoms with E-state index in [1.165, 1.54) is 5.56 Å². The molecule has 1 N–H and O–H groups in total. The molecule has 1 fully saturated rings. The Hall–Kier alpha value is -2.47. The second-order valence-corrected chi connectivity index (χ2v) is 6.78. The van der Waals surface area contributed by atoms with Gasteiger partial charge in [0, 0.05) is 31.9 Å². The molecule has 25 heavy (non-hydrogen) atoms. The molecule has 0 aliphatic carbocycles. The molecule has 1 aromatic carbocycles. The minimum absolute atomic E-state index is 0.241. The van der Waals surface area contributed by atoms with Gasteiger partial charge in [0.15, 0.2) is 0 Å². The largest absolute Gasteiger partial charge is 0.353 e. The number of benzene rings is 1. The normalized spacial score (nSPS) is 15.4. The number of hydrogen-bond acceptors (Lipinski definition) is 5. The zero-order chi connectivity index (χ0) is 17.8. The Labute approximate surface area is 148 Å². The van der Waals surface area contributed by atoms with Crippen LogP contribution in [0, 0.1) is 0 Å². The number of amides is 1. The zero-order valence-electron chi connectivity index (χ0n) is 15.1. The minimum Gasteiger partial charge on any atom is -0.353 e. The van der Waals surface area contributed by atoms with Crippen LogP contribution in [0.4, 0.5) is 11.5 Å². The molecule has 2 heterocycles. The van der Waals surface area contributed by atoms with Crippen molar-refractivity contribution in [1.82, 2.24) is 14.9 Å². The molecule has 132 valence electrons. The van der Waals surface area contributed by atoms with Crippen molar-refractivity contribution in [2.24, 2.45) is 0 Å². The summed E-state index contributed by atoms with van der Waals surface area (Å²) in [5.41, 5.74) is 2.33. The lowest BCUT2D eigenvalue weighted by Crippen LogP contribution is -2.44. The van der Waals surface area contributed by atoms with Gasteiger partial charge in [-0.25, -0.2) is 9.97 Å². The van der Waals surface area contributed by atoms with Gasteiger partial charge in [-0.3, -0.25) is 4.79 Å². The molecule has 0 saturated carbocycles. The fraction of sp³-hybridized carbons (Fsp3) is 0.421. The van der Waals surface area contributed by atoms with Crippen LogP contribution in [0.1, 0.15) is 35.8 Å². The average Bonchev–Trinajstić information content (AvgIpc) is 2.63.